The summed E-state index contributed by atoms with van der Waals surface area (Å²) in [7, 11) is -8.19. The molecule has 2 unspecified atom stereocenters. The average Bonchev–Trinajstić information content (AvgIpc) is 2.86. The van der Waals surface area contributed by atoms with Crippen molar-refractivity contribution in [3.63, 3.8) is 0 Å². The SMILES string of the molecule is CCN(CCCS(=O)(=O)O)C1=CC(=O)C(=C2C(=O)C(c3ccc(N(CC)CCCS(=O)(=O)O)cc3O)C2O)C=C1. The van der Waals surface area contributed by atoms with Gasteiger partial charge < -0.3 is 20.0 Å². The zero-order chi connectivity index (χ0) is 29.8. The Morgan fingerprint density at radius 3 is 1.93 bits per heavy atom. The summed E-state index contributed by atoms with van der Waals surface area (Å²) in [6.07, 6.45) is 3.34. The zero-order valence-corrected chi connectivity index (χ0v) is 23.9. The molecule has 0 heterocycles. The standard InChI is InChI=1S/C26H34N2O10S2/c1-3-27(11-5-13-39(33,34)35)17-7-9-19(21(29)15-17)23-25(31)24(26(23)32)20-10-8-18(16-22(20)30)28(4-2)12-6-14-40(36,37)38/h7-10,15-16,23,25,29,31H,3-6,11-14H2,1-2H3,(H,33,34,35)(H,36,37,38). The number of benzene rings is 1. The van der Waals surface area contributed by atoms with Crippen molar-refractivity contribution in [3.05, 3.63) is 58.8 Å². The van der Waals surface area contributed by atoms with E-state index >= 15 is 0 Å². The molecule has 1 saturated carbocycles. The van der Waals surface area contributed by atoms with Crippen LogP contribution in [0.5, 0.6) is 5.75 Å². The first-order valence-electron chi connectivity index (χ1n) is 12.8. The third-order valence-corrected chi connectivity index (χ3v) is 8.53. The molecule has 0 amide bonds. The molecule has 40 heavy (non-hydrogen) atoms. The Bertz CT molecular complexity index is 1460. The number of carbonyl (C=O) groups is 2. The van der Waals surface area contributed by atoms with Gasteiger partial charge >= 0.3 is 0 Å². The summed E-state index contributed by atoms with van der Waals surface area (Å²) in [6, 6.07) is 4.56. The van der Waals surface area contributed by atoms with Gasteiger partial charge in [-0.3, -0.25) is 18.7 Å². The van der Waals surface area contributed by atoms with E-state index in [1.807, 2.05) is 13.8 Å². The van der Waals surface area contributed by atoms with E-state index in [4.69, 9.17) is 9.11 Å². The normalized spacial score (nSPS) is 21.3. The summed E-state index contributed by atoms with van der Waals surface area (Å²) in [5.74, 6) is -3.10. The van der Waals surface area contributed by atoms with E-state index in [0.717, 1.165) is 0 Å². The van der Waals surface area contributed by atoms with E-state index in [0.29, 0.717) is 31.0 Å². The fraction of sp³-hybridized carbons (Fsp3) is 0.462. The topological polar surface area (TPSA) is 190 Å². The van der Waals surface area contributed by atoms with Gasteiger partial charge in [-0.05, 0) is 44.9 Å². The Morgan fingerprint density at radius 1 is 0.875 bits per heavy atom. The van der Waals surface area contributed by atoms with Crippen molar-refractivity contribution in [1.82, 2.24) is 4.90 Å². The summed E-state index contributed by atoms with van der Waals surface area (Å²) < 4.78 is 61.8. The van der Waals surface area contributed by atoms with Gasteiger partial charge in [0, 0.05) is 66.4 Å². The molecule has 4 N–H and O–H groups in total. The minimum absolute atomic E-state index is 0.0404. The van der Waals surface area contributed by atoms with E-state index in [1.54, 1.807) is 21.9 Å². The maximum absolute atomic E-state index is 13.1. The zero-order valence-electron chi connectivity index (χ0n) is 22.2. The second-order valence-electron chi connectivity index (χ2n) is 9.56. The number of allylic oxidation sites excluding steroid dienone is 4. The largest absolute Gasteiger partial charge is 0.508 e. The average molecular weight is 599 g/mol. The molecule has 2 aliphatic rings. The van der Waals surface area contributed by atoms with Gasteiger partial charge in [-0.2, -0.15) is 16.8 Å². The summed E-state index contributed by atoms with van der Waals surface area (Å²) in [5.41, 5.74) is 1.26. The molecule has 12 nitrogen and oxygen atoms in total. The minimum atomic E-state index is -4.10. The van der Waals surface area contributed by atoms with Crippen molar-refractivity contribution >= 4 is 37.5 Å². The first kappa shape index (κ1) is 31.5. The highest BCUT2D eigenvalue weighted by molar-refractivity contribution is 7.86. The van der Waals surface area contributed by atoms with E-state index < -0.39 is 55.3 Å². The van der Waals surface area contributed by atoms with E-state index in [2.05, 4.69) is 0 Å². The molecule has 0 spiro atoms. The molecule has 14 heteroatoms. The number of hydrogen-bond acceptors (Lipinski definition) is 10. The monoisotopic (exact) mass is 598 g/mol. The first-order valence-corrected chi connectivity index (χ1v) is 16.0. The predicted octanol–water partition coefficient (Wildman–Crippen LogP) is 1.44. The lowest BCUT2D eigenvalue weighted by Crippen LogP contribution is -2.44. The van der Waals surface area contributed by atoms with Crippen LogP contribution in [0.3, 0.4) is 0 Å². The fourth-order valence-electron chi connectivity index (χ4n) is 4.87. The Hall–Kier alpha value is -3.04. The van der Waals surface area contributed by atoms with E-state index in [1.165, 1.54) is 24.3 Å². The number of hydrogen-bond donors (Lipinski definition) is 4. The molecule has 3 rings (SSSR count). The number of phenolic OH excluding ortho intramolecular Hbond substituents is 1. The number of anilines is 1. The number of aliphatic hydroxyl groups is 1. The second-order valence-corrected chi connectivity index (χ2v) is 12.7. The van der Waals surface area contributed by atoms with Crippen molar-refractivity contribution in [2.75, 3.05) is 42.6 Å². The molecule has 1 aromatic rings. The maximum atomic E-state index is 13.1. The van der Waals surface area contributed by atoms with Crippen LogP contribution in [0, 0.1) is 0 Å². The molecular weight excluding hydrogens is 564 g/mol. The number of ketones is 2. The minimum Gasteiger partial charge on any atom is -0.508 e. The third kappa shape index (κ3) is 7.57. The van der Waals surface area contributed by atoms with E-state index in [-0.39, 0.29) is 41.8 Å². The molecule has 0 bridgehead atoms. The van der Waals surface area contributed by atoms with Gasteiger partial charge in [-0.25, -0.2) is 0 Å². The number of rotatable bonds is 13. The molecule has 0 aromatic heterocycles. The summed E-state index contributed by atoms with van der Waals surface area (Å²) >= 11 is 0. The Labute approximate surface area is 233 Å². The highest BCUT2D eigenvalue weighted by Gasteiger charge is 2.48. The maximum Gasteiger partial charge on any atom is 0.264 e. The van der Waals surface area contributed by atoms with Crippen LogP contribution < -0.4 is 4.90 Å². The van der Waals surface area contributed by atoms with Crippen molar-refractivity contribution in [2.45, 2.75) is 38.7 Å². The van der Waals surface area contributed by atoms with Crippen LogP contribution in [0.2, 0.25) is 0 Å². The summed E-state index contributed by atoms with van der Waals surface area (Å²) in [6.45, 7) is 5.20. The van der Waals surface area contributed by atoms with Crippen LogP contribution in [0.4, 0.5) is 5.69 Å². The molecule has 220 valence electrons. The van der Waals surface area contributed by atoms with Crippen LogP contribution in [-0.2, 0) is 29.8 Å². The molecule has 1 aromatic carbocycles. The lowest BCUT2D eigenvalue weighted by molar-refractivity contribution is -0.126. The first-order chi connectivity index (χ1) is 18.7. The summed E-state index contributed by atoms with van der Waals surface area (Å²) in [5, 5.41) is 21.5. The van der Waals surface area contributed by atoms with Gasteiger partial charge in [-0.1, -0.05) is 6.07 Å². The van der Waals surface area contributed by atoms with Gasteiger partial charge in [0.25, 0.3) is 20.2 Å². The molecule has 0 aliphatic heterocycles. The number of aliphatic hydroxyl groups excluding tert-OH is 1. The quantitative estimate of drug-likeness (QED) is 0.189. The van der Waals surface area contributed by atoms with Crippen molar-refractivity contribution in [2.24, 2.45) is 0 Å². The van der Waals surface area contributed by atoms with Gasteiger partial charge in [0.05, 0.1) is 23.5 Å². The highest BCUT2D eigenvalue weighted by atomic mass is 32.2. The highest BCUT2D eigenvalue weighted by Crippen LogP contribution is 2.44. The van der Waals surface area contributed by atoms with Crippen LogP contribution in [0.1, 0.15) is 38.2 Å². The third-order valence-electron chi connectivity index (χ3n) is 6.92. The second kappa shape index (κ2) is 12.6. The summed E-state index contributed by atoms with van der Waals surface area (Å²) in [4.78, 5) is 29.5. The predicted molar refractivity (Wildman–Crippen MR) is 148 cm³/mol. The Balaban J connectivity index is 1.73. The van der Waals surface area contributed by atoms with Crippen LogP contribution in [0.15, 0.2) is 53.3 Å². The van der Waals surface area contributed by atoms with Crippen molar-refractivity contribution < 1.29 is 45.7 Å². The van der Waals surface area contributed by atoms with Gasteiger partial charge in [-0.15, -0.1) is 0 Å². The van der Waals surface area contributed by atoms with Crippen molar-refractivity contribution in [1.29, 1.82) is 0 Å². The Kier molecular flexibility index (Phi) is 9.95. The molecule has 0 radical (unpaired) electrons. The van der Waals surface area contributed by atoms with Gasteiger partial charge in [0.1, 0.15) is 5.75 Å². The lowest BCUT2D eigenvalue weighted by Gasteiger charge is -2.36. The van der Waals surface area contributed by atoms with Gasteiger partial charge in [0.2, 0.25) is 0 Å². The molecule has 0 saturated heterocycles. The molecule has 1 fully saturated rings. The van der Waals surface area contributed by atoms with Crippen LogP contribution in [0.25, 0.3) is 0 Å². The smallest absolute Gasteiger partial charge is 0.264 e. The van der Waals surface area contributed by atoms with Gasteiger partial charge in [0.15, 0.2) is 11.6 Å². The number of Topliss-reactive ketones (excluding diaryl/α,β-unsaturated/α-hetero) is 1. The molecular formula is C26H34N2O10S2. The van der Waals surface area contributed by atoms with Crippen LogP contribution in [-0.4, -0.2) is 96.4 Å². The molecule has 2 aliphatic carbocycles. The number of aromatic hydroxyl groups is 1. The number of likely N-dealkylation sites (N-methyl/N-ethyl adjacent to an activating group) is 1. The molecule has 2 atom stereocenters. The number of carbonyl (C=O) groups excluding carboxylic acids is 2. The van der Waals surface area contributed by atoms with Crippen molar-refractivity contribution in [3.8, 4) is 5.75 Å². The Morgan fingerprint density at radius 2 is 1.45 bits per heavy atom. The number of phenols is 1. The fourth-order valence-corrected chi connectivity index (χ4v) is 5.86. The number of nitrogens with zero attached hydrogens (tertiary/aromatic N) is 2. The lowest BCUT2D eigenvalue weighted by atomic mass is 9.68. The van der Waals surface area contributed by atoms with E-state index in [9.17, 15) is 36.6 Å². The van der Waals surface area contributed by atoms with Crippen LogP contribution >= 0.6 is 0 Å².